The molecule has 5 heteroatoms. The smallest absolute Gasteiger partial charge is 0.120 e. The predicted octanol–water partition coefficient (Wildman–Crippen LogP) is 2.77. The maximum absolute atomic E-state index is 9.66. The fraction of sp³-hybridized carbons (Fsp3) is 0.450. The summed E-state index contributed by atoms with van der Waals surface area (Å²) in [7, 11) is 1.93. The number of aromatic nitrogens is 1. The van der Waals surface area contributed by atoms with E-state index in [9.17, 15) is 10.4 Å². The van der Waals surface area contributed by atoms with Gasteiger partial charge in [0.15, 0.2) is 0 Å². The standard InChI is InChI=1S/C20H26N4O/c1-15-17(11-18(12-21)23(15)2)13-22-20-6-4-3-5-16(20)14-24-9-7-19(25)8-10-24/h3-6,11,19,22,25H,7-10,13-14H2,1-2H3. The molecule has 132 valence electrons. The number of piperidine rings is 1. The van der Waals surface area contributed by atoms with Crippen molar-refractivity contribution in [2.75, 3.05) is 18.4 Å². The molecule has 5 nitrogen and oxygen atoms in total. The molecule has 1 aromatic heterocycles. The molecule has 2 aromatic rings. The lowest BCUT2D eigenvalue weighted by molar-refractivity contribution is 0.0793. The summed E-state index contributed by atoms with van der Waals surface area (Å²) in [6, 6.07) is 12.6. The number of likely N-dealkylation sites (tertiary alicyclic amines) is 1. The molecule has 0 spiro atoms. The highest BCUT2D eigenvalue weighted by Crippen LogP contribution is 2.22. The van der Waals surface area contributed by atoms with Crippen LogP contribution in [0.5, 0.6) is 0 Å². The highest BCUT2D eigenvalue weighted by molar-refractivity contribution is 5.52. The second kappa shape index (κ2) is 7.73. The number of rotatable bonds is 5. The van der Waals surface area contributed by atoms with Crippen molar-refractivity contribution in [3.63, 3.8) is 0 Å². The average Bonchev–Trinajstić information content (AvgIpc) is 2.90. The molecule has 1 fully saturated rings. The van der Waals surface area contributed by atoms with Gasteiger partial charge in [-0.15, -0.1) is 0 Å². The topological polar surface area (TPSA) is 64.2 Å². The van der Waals surface area contributed by atoms with Crippen LogP contribution in [0.3, 0.4) is 0 Å². The Morgan fingerprint density at radius 1 is 1.24 bits per heavy atom. The van der Waals surface area contributed by atoms with Gasteiger partial charge in [-0.25, -0.2) is 0 Å². The predicted molar refractivity (Wildman–Crippen MR) is 99.2 cm³/mol. The molecular weight excluding hydrogens is 312 g/mol. The van der Waals surface area contributed by atoms with Crippen molar-refractivity contribution >= 4 is 5.69 Å². The van der Waals surface area contributed by atoms with E-state index in [-0.39, 0.29) is 6.10 Å². The number of nitrogens with zero attached hydrogens (tertiary/aromatic N) is 3. The highest BCUT2D eigenvalue weighted by atomic mass is 16.3. The van der Waals surface area contributed by atoms with Gasteiger partial charge in [0.1, 0.15) is 11.8 Å². The minimum atomic E-state index is -0.139. The second-order valence-corrected chi connectivity index (χ2v) is 6.83. The molecule has 2 heterocycles. The van der Waals surface area contributed by atoms with E-state index < -0.39 is 0 Å². The third-order valence-electron chi connectivity index (χ3n) is 5.19. The average molecular weight is 338 g/mol. The van der Waals surface area contributed by atoms with E-state index >= 15 is 0 Å². The zero-order chi connectivity index (χ0) is 17.8. The van der Waals surface area contributed by atoms with Crippen molar-refractivity contribution in [3.05, 3.63) is 52.8 Å². The highest BCUT2D eigenvalue weighted by Gasteiger charge is 2.18. The van der Waals surface area contributed by atoms with Crippen LogP contribution in [0.2, 0.25) is 0 Å². The van der Waals surface area contributed by atoms with Gasteiger partial charge in [0.25, 0.3) is 0 Å². The van der Waals surface area contributed by atoms with Crippen LogP contribution < -0.4 is 5.32 Å². The lowest BCUT2D eigenvalue weighted by Gasteiger charge is -2.30. The summed E-state index contributed by atoms with van der Waals surface area (Å²) in [6.45, 7) is 5.53. The number of anilines is 1. The maximum Gasteiger partial charge on any atom is 0.120 e. The quantitative estimate of drug-likeness (QED) is 0.880. The van der Waals surface area contributed by atoms with Gasteiger partial charge < -0.3 is 15.0 Å². The molecule has 2 N–H and O–H groups in total. The van der Waals surface area contributed by atoms with Gasteiger partial charge in [-0.3, -0.25) is 4.90 Å². The fourth-order valence-electron chi connectivity index (χ4n) is 3.39. The molecule has 0 bridgehead atoms. The molecule has 0 radical (unpaired) electrons. The number of nitriles is 1. The van der Waals surface area contributed by atoms with Crippen molar-refractivity contribution < 1.29 is 5.11 Å². The van der Waals surface area contributed by atoms with Gasteiger partial charge in [-0.1, -0.05) is 18.2 Å². The molecule has 1 aliphatic heterocycles. The summed E-state index contributed by atoms with van der Waals surface area (Å²) in [6.07, 6.45) is 1.57. The van der Waals surface area contributed by atoms with Crippen LogP contribution in [0.25, 0.3) is 0 Å². The van der Waals surface area contributed by atoms with E-state index in [1.54, 1.807) is 0 Å². The van der Waals surface area contributed by atoms with Crippen LogP contribution >= 0.6 is 0 Å². The van der Waals surface area contributed by atoms with E-state index in [2.05, 4.69) is 34.5 Å². The van der Waals surface area contributed by atoms with Crippen LogP contribution in [-0.4, -0.2) is 33.8 Å². The van der Waals surface area contributed by atoms with Crippen molar-refractivity contribution in [3.8, 4) is 6.07 Å². The van der Waals surface area contributed by atoms with E-state index in [1.165, 1.54) is 5.56 Å². The molecule has 0 saturated carbocycles. The first-order chi connectivity index (χ1) is 12.1. The first kappa shape index (κ1) is 17.5. The minimum Gasteiger partial charge on any atom is -0.393 e. The lowest BCUT2D eigenvalue weighted by atomic mass is 10.1. The van der Waals surface area contributed by atoms with Crippen LogP contribution in [0.15, 0.2) is 30.3 Å². The van der Waals surface area contributed by atoms with Crippen molar-refractivity contribution in [1.29, 1.82) is 5.26 Å². The van der Waals surface area contributed by atoms with Crippen LogP contribution in [-0.2, 0) is 20.1 Å². The number of aliphatic hydroxyl groups is 1. The molecule has 0 unspecified atom stereocenters. The number of hydrogen-bond acceptors (Lipinski definition) is 4. The summed E-state index contributed by atoms with van der Waals surface area (Å²) in [5.74, 6) is 0. The molecule has 1 aliphatic rings. The minimum absolute atomic E-state index is 0.139. The molecule has 0 amide bonds. The SMILES string of the molecule is Cc1c(CNc2ccccc2CN2CCC(O)CC2)cc(C#N)n1C. The molecule has 3 rings (SSSR count). The number of nitrogens with one attached hydrogen (secondary N) is 1. The number of hydrogen-bond donors (Lipinski definition) is 2. The Labute approximate surface area is 149 Å². The lowest BCUT2D eigenvalue weighted by Crippen LogP contribution is -2.35. The molecule has 0 aliphatic carbocycles. The summed E-state index contributed by atoms with van der Waals surface area (Å²) in [5, 5.41) is 22.4. The third-order valence-corrected chi connectivity index (χ3v) is 5.19. The van der Waals surface area contributed by atoms with Crippen molar-refractivity contribution in [2.24, 2.45) is 7.05 Å². The molecular formula is C20H26N4O. The summed E-state index contributed by atoms with van der Waals surface area (Å²) in [5.41, 5.74) is 5.36. The van der Waals surface area contributed by atoms with Crippen molar-refractivity contribution in [2.45, 2.75) is 39.0 Å². The Balaban J connectivity index is 1.68. The van der Waals surface area contributed by atoms with Gasteiger partial charge in [-0.05, 0) is 43.0 Å². The summed E-state index contributed by atoms with van der Waals surface area (Å²) >= 11 is 0. The molecule has 0 atom stereocenters. The Morgan fingerprint density at radius 3 is 2.64 bits per heavy atom. The Kier molecular flexibility index (Phi) is 5.42. The van der Waals surface area contributed by atoms with E-state index in [1.807, 2.05) is 30.7 Å². The van der Waals surface area contributed by atoms with E-state index in [0.717, 1.165) is 49.4 Å². The van der Waals surface area contributed by atoms with Gasteiger partial charge >= 0.3 is 0 Å². The van der Waals surface area contributed by atoms with Crippen LogP contribution in [0.4, 0.5) is 5.69 Å². The number of benzene rings is 1. The Bertz CT molecular complexity index is 766. The van der Waals surface area contributed by atoms with Crippen LogP contribution in [0.1, 0.15) is 35.4 Å². The molecule has 25 heavy (non-hydrogen) atoms. The Morgan fingerprint density at radius 2 is 1.96 bits per heavy atom. The van der Waals surface area contributed by atoms with Gasteiger partial charge in [-0.2, -0.15) is 5.26 Å². The monoisotopic (exact) mass is 338 g/mol. The number of para-hydroxylation sites is 1. The summed E-state index contributed by atoms with van der Waals surface area (Å²) in [4.78, 5) is 2.40. The van der Waals surface area contributed by atoms with Crippen molar-refractivity contribution in [1.82, 2.24) is 9.47 Å². The largest absolute Gasteiger partial charge is 0.393 e. The van der Waals surface area contributed by atoms with Gasteiger partial charge in [0, 0.05) is 44.6 Å². The first-order valence-electron chi connectivity index (χ1n) is 8.86. The van der Waals surface area contributed by atoms with E-state index in [4.69, 9.17) is 0 Å². The fourth-order valence-corrected chi connectivity index (χ4v) is 3.39. The second-order valence-electron chi connectivity index (χ2n) is 6.83. The van der Waals surface area contributed by atoms with Crippen LogP contribution in [0, 0.1) is 18.3 Å². The third kappa shape index (κ3) is 4.04. The van der Waals surface area contributed by atoms with E-state index in [0.29, 0.717) is 12.2 Å². The maximum atomic E-state index is 9.66. The molecule has 1 aromatic carbocycles. The zero-order valence-electron chi connectivity index (χ0n) is 15.0. The normalized spacial score (nSPS) is 15.9. The summed E-state index contributed by atoms with van der Waals surface area (Å²) < 4.78 is 1.93. The first-order valence-corrected chi connectivity index (χ1v) is 8.86. The number of aliphatic hydroxyl groups excluding tert-OH is 1. The van der Waals surface area contributed by atoms with Gasteiger partial charge in [0.05, 0.1) is 6.10 Å². The zero-order valence-corrected chi connectivity index (χ0v) is 15.0. The Hall–Kier alpha value is -2.29. The molecule has 1 saturated heterocycles. The van der Waals surface area contributed by atoms with Gasteiger partial charge in [0.2, 0.25) is 0 Å².